The average molecular weight is 204 g/mol. The SMILES string of the molecule is COc1ccc(C(=O)/C=C/C(C)C)cc1. The standard InChI is InChI=1S/C13H16O2/c1-10(2)4-9-13(14)11-5-7-12(15-3)8-6-11/h4-10H,1-3H3/b9-4+. The second kappa shape index (κ2) is 5.35. The van der Waals surface area contributed by atoms with Gasteiger partial charge in [0.05, 0.1) is 7.11 Å². The molecule has 0 radical (unpaired) electrons. The first-order valence-electron chi connectivity index (χ1n) is 5.00. The van der Waals surface area contributed by atoms with E-state index in [9.17, 15) is 4.79 Å². The first-order chi connectivity index (χ1) is 7.13. The van der Waals surface area contributed by atoms with Crippen LogP contribution in [0.2, 0.25) is 0 Å². The molecule has 15 heavy (non-hydrogen) atoms. The Morgan fingerprint density at radius 3 is 2.33 bits per heavy atom. The van der Waals surface area contributed by atoms with Gasteiger partial charge in [-0.15, -0.1) is 0 Å². The Morgan fingerprint density at radius 2 is 1.87 bits per heavy atom. The summed E-state index contributed by atoms with van der Waals surface area (Å²) in [7, 11) is 1.61. The van der Waals surface area contributed by atoms with Crippen LogP contribution < -0.4 is 4.74 Å². The number of hydrogen-bond acceptors (Lipinski definition) is 2. The third kappa shape index (κ3) is 3.58. The first kappa shape index (κ1) is 11.5. The minimum absolute atomic E-state index is 0.0337. The Morgan fingerprint density at radius 1 is 1.27 bits per heavy atom. The number of methoxy groups -OCH3 is 1. The maximum atomic E-state index is 11.6. The van der Waals surface area contributed by atoms with E-state index < -0.39 is 0 Å². The summed E-state index contributed by atoms with van der Waals surface area (Å²) in [5, 5.41) is 0. The number of ketones is 1. The number of carbonyl (C=O) groups excluding carboxylic acids is 1. The Hall–Kier alpha value is -1.57. The highest BCUT2D eigenvalue weighted by molar-refractivity contribution is 6.04. The summed E-state index contributed by atoms with van der Waals surface area (Å²) in [5.74, 6) is 1.19. The lowest BCUT2D eigenvalue weighted by molar-refractivity contribution is 0.104. The summed E-state index contributed by atoms with van der Waals surface area (Å²) in [6.45, 7) is 4.08. The van der Waals surface area contributed by atoms with Crippen LogP contribution in [-0.2, 0) is 0 Å². The van der Waals surface area contributed by atoms with Gasteiger partial charge < -0.3 is 4.74 Å². The largest absolute Gasteiger partial charge is 0.497 e. The van der Waals surface area contributed by atoms with Crippen molar-refractivity contribution in [3.8, 4) is 5.75 Å². The Bertz CT molecular complexity index is 347. The molecule has 0 aliphatic heterocycles. The number of carbonyl (C=O) groups is 1. The summed E-state index contributed by atoms with van der Waals surface area (Å²) in [5.41, 5.74) is 0.688. The monoisotopic (exact) mass is 204 g/mol. The van der Waals surface area contributed by atoms with E-state index in [1.165, 1.54) is 0 Å². The van der Waals surface area contributed by atoms with Crippen LogP contribution in [0.15, 0.2) is 36.4 Å². The minimum Gasteiger partial charge on any atom is -0.497 e. The summed E-state index contributed by atoms with van der Waals surface area (Å²) in [6.07, 6.45) is 3.51. The van der Waals surface area contributed by atoms with Crippen molar-refractivity contribution in [1.29, 1.82) is 0 Å². The number of ether oxygens (including phenoxy) is 1. The lowest BCUT2D eigenvalue weighted by Crippen LogP contribution is -1.95. The van der Waals surface area contributed by atoms with Crippen molar-refractivity contribution in [3.63, 3.8) is 0 Å². The van der Waals surface area contributed by atoms with Gasteiger partial charge in [-0.3, -0.25) is 4.79 Å². The van der Waals surface area contributed by atoms with Gasteiger partial charge in [0.1, 0.15) is 5.75 Å². The van der Waals surface area contributed by atoms with Gasteiger partial charge in [0.25, 0.3) is 0 Å². The molecule has 2 nitrogen and oxygen atoms in total. The van der Waals surface area contributed by atoms with Crippen molar-refractivity contribution in [2.75, 3.05) is 7.11 Å². The fourth-order valence-electron chi connectivity index (χ4n) is 1.13. The zero-order chi connectivity index (χ0) is 11.3. The van der Waals surface area contributed by atoms with Crippen molar-refractivity contribution in [1.82, 2.24) is 0 Å². The molecule has 0 fully saturated rings. The van der Waals surface area contributed by atoms with Gasteiger partial charge in [-0.2, -0.15) is 0 Å². The fraction of sp³-hybridized carbons (Fsp3) is 0.308. The number of allylic oxidation sites excluding steroid dienone is 2. The molecule has 0 aliphatic rings. The highest BCUT2D eigenvalue weighted by Gasteiger charge is 2.01. The molecular formula is C13H16O2. The van der Waals surface area contributed by atoms with Crippen molar-refractivity contribution in [2.45, 2.75) is 13.8 Å². The third-order valence-electron chi connectivity index (χ3n) is 2.01. The number of hydrogen-bond donors (Lipinski definition) is 0. The molecule has 0 saturated carbocycles. The zero-order valence-electron chi connectivity index (χ0n) is 9.36. The lowest BCUT2D eigenvalue weighted by atomic mass is 10.1. The highest BCUT2D eigenvalue weighted by Crippen LogP contribution is 2.12. The van der Waals surface area contributed by atoms with Gasteiger partial charge in [0.15, 0.2) is 5.78 Å². The molecule has 0 amide bonds. The summed E-state index contributed by atoms with van der Waals surface area (Å²) in [6, 6.07) is 7.12. The second-order valence-corrected chi connectivity index (χ2v) is 3.70. The molecule has 0 aliphatic carbocycles. The molecule has 1 aromatic rings. The topological polar surface area (TPSA) is 26.3 Å². The van der Waals surface area contributed by atoms with Crippen LogP contribution in [0.5, 0.6) is 5.75 Å². The summed E-state index contributed by atoms with van der Waals surface area (Å²) in [4.78, 5) is 11.6. The molecule has 0 aromatic heterocycles. The molecule has 0 saturated heterocycles. The van der Waals surface area contributed by atoms with Crippen LogP contribution in [0.4, 0.5) is 0 Å². The molecule has 0 bridgehead atoms. The van der Waals surface area contributed by atoms with Crippen molar-refractivity contribution < 1.29 is 9.53 Å². The Labute approximate surface area is 90.6 Å². The first-order valence-corrected chi connectivity index (χ1v) is 5.00. The van der Waals surface area contributed by atoms with E-state index in [-0.39, 0.29) is 5.78 Å². The molecule has 0 unspecified atom stereocenters. The molecule has 2 heteroatoms. The van der Waals surface area contributed by atoms with Crippen molar-refractivity contribution >= 4 is 5.78 Å². The van der Waals surface area contributed by atoms with Gasteiger partial charge in [0.2, 0.25) is 0 Å². The van der Waals surface area contributed by atoms with Gasteiger partial charge in [-0.25, -0.2) is 0 Å². The van der Waals surface area contributed by atoms with Gasteiger partial charge in [-0.1, -0.05) is 19.9 Å². The van der Waals surface area contributed by atoms with E-state index in [1.54, 1.807) is 37.5 Å². The van der Waals surface area contributed by atoms with Gasteiger partial charge >= 0.3 is 0 Å². The van der Waals surface area contributed by atoms with Crippen molar-refractivity contribution in [2.24, 2.45) is 5.92 Å². The molecule has 0 spiro atoms. The van der Waals surface area contributed by atoms with E-state index in [2.05, 4.69) is 0 Å². The molecule has 1 aromatic carbocycles. The summed E-state index contributed by atoms with van der Waals surface area (Å²) < 4.78 is 5.02. The minimum atomic E-state index is 0.0337. The molecule has 0 heterocycles. The van der Waals surface area contributed by atoms with Crippen LogP contribution >= 0.6 is 0 Å². The average Bonchev–Trinajstić information content (AvgIpc) is 2.26. The van der Waals surface area contributed by atoms with Crippen LogP contribution in [0.1, 0.15) is 24.2 Å². The predicted molar refractivity (Wildman–Crippen MR) is 61.3 cm³/mol. The number of rotatable bonds is 4. The van der Waals surface area contributed by atoms with Gasteiger partial charge in [0, 0.05) is 5.56 Å². The zero-order valence-corrected chi connectivity index (χ0v) is 9.36. The number of benzene rings is 1. The maximum Gasteiger partial charge on any atom is 0.185 e. The fourth-order valence-corrected chi connectivity index (χ4v) is 1.13. The Kier molecular flexibility index (Phi) is 4.10. The van der Waals surface area contributed by atoms with E-state index in [1.807, 2.05) is 19.9 Å². The van der Waals surface area contributed by atoms with E-state index >= 15 is 0 Å². The van der Waals surface area contributed by atoms with Gasteiger partial charge in [-0.05, 0) is 36.3 Å². The normalized spacial score (nSPS) is 10.9. The quantitative estimate of drug-likeness (QED) is 0.556. The van der Waals surface area contributed by atoms with Crippen LogP contribution in [0.3, 0.4) is 0 Å². The molecule has 0 atom stereocenters. The van der Waals surface area contributed by atoms with Crippen molar-refractivity contribution in [3.05, 3.63) is 42.0 Å². The molecule has 1 rings (SSSR count). The van der Waals surface area contributed by atoms with Crippen LogP contribution in [-0.4, -0.2) is 12.9 Å². The molecule has 80 valence electrons. The van der Waals surface area contributed by atoms with Crippen LogP contribution in [0.25, 0.3) is 0 Å². The molecule has 0 N–H and O–H groups in total. The third-order valence-corrected chi connectivity index (χ3v) is 2.01. The summed E-state index contributed by atoms with van der Waals surface area (Å²) >= 11 is 0. The van der Waals surface area contributed by atoms with Crippen LogP contribution in [0, 0.1) is 5.92 Å². The predicted octanol–water partition coefficient (Wildman–Crippen LogP) is 3.09. The molecular weight excluding hydrogens is 188 g/mol. The maximum absolute atomic E-state index is 11.6. The van der Waals surface area contributed by atoms with E-state index in [0.717, 1.165) is 5.75 Å². The van der Waals surface area contributed by atoms with E-state index in [0.29, 0.717) is 11.5 Å². The smallest absolute Gasteiger partial charge is 0.185 e. The lowest BCUT2D eigenvalue weighted by Gasteiger charge is -2.00. The highest BCUT2D eigenvalue weighted by atomic mass is 16.5. The Balaban J connectivity index is 2.74. The van der Waals surface area contributed by atoms with E-state index in [4.69, 9.17) is 4.74 Å². The second-order valence-electron chi connectivity index (χ2n) is 3.70.